The highest BCUT2D eigenvalue weighted by atomic mass is 16.3. The van der Waals surface area contributed by atoms with Crippen molar-refractivity contribution in [2.75, 3.05) is 6.61 Å². The monoisotopic (exact) mass is 245 g/mol. The average Bonchev–Trinajstić information content (AvgIpc) is 2.79. The third-order valence-corrected chi connectivity index (χ3v) is 3.10. The molecule has 0 radical (unpaired) electrons. The summed E-state index contributed by atoms with van der Waals surface area (Å²) in [5.41, 5.74) is 2.32. The van der Waals surface area contributed by atoms with Crippen LogP contribution in [0, 0.1) is 5.92 Å². The van der Waals surface area contributed by atoms with E-state index in [4.69, 9.17) is 5.11 Å². The molecular formula is C14H19N3O. The van der Waals surface area contributed by atoms with Crippen LogP contribution < -0.4 is 0 Å². The van der Waals surface area contributed by atoms with E-state index in [0.717, 1.165) is 5.69 Å². The second-order valence-electron chi connectivity index (χ2n) is 4.74. The van der Waals surface area contributed by atoms with Crippen LogP contribution in [0.3, 0.4) is 0 Å². The number of aliphatic hydroxyl groups is 1. The Morgan fingerprint density at radius 3 is 2.56 bits per heavy atom. The zero-order chi connectivity index (χ0) is 13.0. The molecule has 96 valence electrons. The lowest BCUT2D eigenvalue weighted by Gasteiger charge is -2.21. The fourth-order valence-corrected chi connectivity index (χ4v) is 2.33. The third kappa shape index (κ3) is 2.59. The molecule has 1 heterocycles. The molecular weight excluding hydrogens is 226 g/mol. The molecule has 0 aliphatic rings. The van der Waals surface area contributed by atoms with Crippen LogP contribution in [0.15, 0.2) is 36.5 Å². The molecule has 2 rings (SSSR count). The van der Waals surface area contributed by atoms with E-state index >= 15 is 0 Å². The normalized spacial score (nSPS) is 12.9. The first-order valence-electron chi connectivity index (χ1n) is 6.28. The summed E-state index contributed by atoms with van der Waals surface area (Å²) in [6.07, 6.45) is 1.80. The van der Waals surface area contributed by atoms with Crippen LogP contribution in [-0.4, -0.2) is 26.7 Å². The van der Waals surface area contributed by atoms with Crippen molar-refractivity contribution in [2.24, 2.45) is 5.92 Å². The minimum absolute atomic E-state index is 0.0793. The fraction of sp³-hybridized carbons (Fsp3) is 0.429. The molecule has 1 aromatic heterocycles. The summed E-state index contributed by atoms with van der Waals surface area (Å²) in [6, 6.07) is 10.4. The number of aromatic nitrogens is 3. The van der Waals surface area contributed by atoms with Crippen molar-refractivity contribution in [2.45, 2.75) is 26.3 Å². The molecule has 2 aromatic rings. The van der Waals surface area contributed by atoms with E-state index in [1.54, 1.807) is 10.9 Å². The van der Waals surface area contributed by atoms with E-state index < -0.39 is 0 Å². The highest BCUT2D eigenvalue weighted by Crippen LogP contribution is 2.30. The number of nitrogens with zero attached hydrogens (tertiary/aromatic N) is 3. The molecule has 0 fully saturated rings. The molecule has 1 aromatic carbocycles. The first kappa shape index (κ1) is 12.8. The zero-order valence-corrected chi connectivity index (χ0v) is 10.8. The smallest absolute Gasteiger partial charge is 0.0731 e. The highest BCUT2D eigenvalue weighted by Gasteiger charge is 2.22. The molecule has 0 spiro atoms. The standard InChI is InChI=1S/C14H19N3O/c1-11(2)14(12-6-4-3-5-7-12)13-10-15-16-17(13)8-9-18/h3-7,10-11,14,18H,8-9H2,1-2H3/t14-/m0/s1. The Morgan fingerprint density at radius 1 is 1.22 bits per heavy atom. The van der Waals surface area contributed by atoms with Gasteiger partial charge in [0.1, 0.15) is 0 Å². The lowest BCUT2D eigenvalue weighted by Crippen LogP contribution is -2.16. The number of hydrogen-bond acceptors (Lipinski definition) is 3. The van der Waals surface area contributed by atoms with Gasteiger partial charge in [0.05, 0.1) is 25.0 Å². The van der Waals surface area contributed by atoms with Gasteiger partial charge in [-0.05, 0) is 11.5 Å². The maximum atomic E-state index is 9.06. The van der Waals surface area contributed by atoms with Gasteiger partial charge in [0.2, 0.25) is 0 Å². The summed E-state index contributed by atoms with van der Waals surface area (Å²) in [5.74, 6) is 0.705. The summed E-state index contributed by atoms with van der Waals surface area (Å²) in [6.45, 7) is 4.95. The Labute approximate surface area is 107 Å². The van der Waals surface area contributed by atoms with Crippen LogP contribution in [0.4, 0.5) is 0 Å². The molecule has 4 nitrogen and oxygen atoms in total. The molecule has 0 amide bonds. The fourth-order valence-electron chi connectivity index (χ4n) is 2.33. The van der Waals surface area contributed by atoms with Gasteiger partial charge >= 0.3 is 0 Å². The molecule has 0 saturated heterocycles. The maximum Gasteiger partial charge on any atom is 0.0731 e. The molecule has 0 saturated carbocycles. The molecule has 4 heteroatoms. The number of hydrogen-bond donors (Lipinski definition) is 1. The van der Waals surface area contributed by atoms with E-state index in [0.29, 0.717) is 12.5 Å². The van der Waals surface area contributed by atoms with E-state index in [9.17, 15) is 0 Å². The third-order valence-electron chi connectivity index (χ3n) is 3.10. The van der Waals surface area contributed by atoms with E-state index in [-0.39, 0.29) is 12.5 Å². The predicted octanol–water partition coefficient (Wildman–Crippen LogP) is 2.06. The van der Waals surface area contributed by atoms with E-state index in [2.05, 4.69) is 36.3 Å². The van der Waals surface area contributed by atoms with Crippen molar-refractivity contribution in [1.82, 2.24) is 15.0 Å². The molecule has 0 aliphatic carbocycles. The minimum Gasteiger partial charge on any atom is -0.394 e. The topological polar surface area (TPSA) is 50.9 Å². The van der Waals surface area contributed by atoms with E-state index in [1.807, 2.05) is 18.2 Å². The van der Waals surface area contributed by atoms with Crippen LogP contribution in [0.5, 0.6) is 0 Å². The SMILES string of the molecule is CC(C)[C@@H](c1ccccc1)c1cnnn1CCO. The summed E-state index contributed by atoms with van der Waals surface area (Å²) >= 11 is 0. The first-order chi connectivity index (χ1) is 8.74. The highest BCUT2D eigenvalue weighted by molar-refractivity contribution is 5.28. The van der Waals surface area contributed by atoms with Crippen molar-refractivity contribution in [1.29, 1.82) is 0 Å². The van der Waals surface area contributed by atoms with Crippen LogP contribution in [0.25, 0.3) is 0 Å². The van der Waals surface area contributed by atoms with Crippen molar-refractivity contribution in [3.05, 3.63) is 47.8 Å². The zero-order valence-electron chi connectivity index (χ0n) is 10.8. The minimum atomic E-state index is 0.0793. The van der Waals surface area contributed by atoms with Gasteiger partial charge in [-0.1, -0.05) is 49.4 Å². The molecule has 18 heavy (non-hydrogen) atoms. The van der Waals surface area contributed by atoms with Crippen LogP contribution in [0.2, 0.25) is 0 Å². The van der Waals surface area contributed by atoms with Gasteiger partial charge in [0.25, 0.3) is 0 Å². The molecule has 1 atom stereocenters. The van der Waals surface area contributed by atoms with Crippen molar-refractivity contribution < 1.29 is 5.11 Å². The Hall–Kier alpha value is -1.68. The Kier molecular flexibility index (Phi) is 4.10. The van der Waals surface area contributed by atoms with Crippen LogP contribution >= 0.6 is 0 Å². The lowest BCUT2D eigenvalue weighted by molar-refractivity contribution is 0.264. The molecule has 0 bridgehead atoms. The first-order valence-corrected chi connectivity index (χ1v) is 6.28. The van der Waals surface area contributed by atoms with Gasteiger partial charge in [0.15, 0.2) is 0 Å². The van der Waals surface area contributed by atoms with Gasteiger partial charge in [0, 0.05) is 5.92 Å². The molecule has 0 aliphatic heterocycles. The summed E-state index contributed by atoms with van der Waals surface area (Å²) in [5, 5.41) is 17.1. The average molecular weight is 245 g/mol. The summed E-state index contributed by atoms with van der Waals surface area (Å²) in [7, 11) is 0. The van der Waals surface area contributed by atoms with Crippen molar-refractivity contribution in [3.8, 4) is 0 Å². The Balaban J connectivity index is 2.39. The van der Waals surface area contributed by atoms with Crippen LogP contribution in [-0.2, 0) is 6.54 Å². The second-order valence-corrected chi connectivity index (χ2v) is 4.74. The van der Waals surface area contributed by atoms with Gasteiger partial charge in [-0.25, -0.2) is 4.68 Å². The van der Waals surface area contributed by atoms with Crippen LogP contribution in [0.1, 0.15) is 31.0 Å². The summed E-state index contributed by atoms with van der Waals surface area (Å²) < 4.78 is 1.79. The van der Waals surface area contributed by atoms with Gasteiger partial charge in [-0.2, -0.15) is 0 Å². The number of rotatable bonds is 5. The Morgan fingerprint density at radius 2 is 1.94 bits per heavy atom. The van der Waals surface area contributed by atoms with Gasteiger partial charge in [-0.15, -0.1) is 5.10 Å². The maximum absolute atomic E-state index is 9.06. The van der Waals surface area contributed by atoms with Crippen molar-refractivity contribution in [3.63, 3.8) is 0 Å². The quantitative estimate of drug-likeness (QED) is 0.877. The van der Waals surface area contributed by atoms with Gasteiger partial charge < -0.3 is 5.11 Å². The molecule has 1 N–H and O–H groups in total. The largest absolute Gasteiger partial charge is 0.394 e. The molecule has 0 unspecified atom stereocenters. The number of aliphatic hydroxyl groups excluding tert-OH is 1. The predicted molar refractivity (Wildman–Crippen MR) is 70.2 cm³/mol. The van der Waals surface area contributed by atoms with Gasteiger partial charge in [-0.3, -0.25) is 0 Å². The van der Waals surface area contributed by atoms with Crippen molar-refractivity contribution >= 4 is 0 Å². The Bertz CT molecular complexity index is 479. The second kappa shape index (κ2) is 5.78. The number of benzene rings is 1. The lowest BCUT2D eigenvalue weighted by atomic mass is 9.86. The summed E-state index contributed by atoms with van der Waals surface area (Å²) in [4.78, 5) is 0. The van der Waals surface area contributed by atoms with E-state index in [1.165, 1.54) is 5.56 Å².